The van der Waals surface area contributed by atoms with Crippen LogP contribution in [0.2, 0.25) is 0 Å². The van der Waals surface area contributed by atoms with E-state index in [4.69, 9.17) is 20.7 Å². The summed E-state index contributed by atoms with van der Waals surface area (Å²) in [7, 11) is 0. The molecule has 4 amide bonds. The van der Waals surface area contributed by atoms with Crippen LogP contribution in [-0.4, -0.2) is 136 Å². The first-order chi connectivity index (χ1) is 23.9. The number of allylic oxidation sites excluding steroid dienone is 1. The Morgan fingerprint density at radius 3 is 2.25 bits per heavy atom. The molecule has 0 aromatic carbocycles. The molecule has 276 valence electrons. The number of piperidine rings is 1. The number of aromatic nitrogens is 1. The molecule has 1 aromatic rings. The molecular weight excluding hydrogens is 731 g/mol. The van der Waals surface area contributed by atoms with Crippen molar-refractivity contribution in [3.63, 3.8) is 0 Å². The van der Waals surface area contributed by atoms with Crippen molar-refractivity contribution in [2.45, 2.75) is 55.7 Å². The van der Waals surface area contributed by atoms with Crippen molar-refractivity contribution in [2.75, 3.05) is 31.1 Å². The number of alkyl halides is 3. The van der Waals surface area contributed by atoms with Gasteiger partial charge in [-0.1, -0.05) is 5.16 Å². The number of β-lactam (4-membered cyclic amide) rings is 1. The Hall–Kier alpha value is -5.19. The molecule has 0 radical (unpaired) electrons. The maximum absolute atomic E-state index is 13.3. The zero-order valence-corrected chi connectivity index (χ0v) is 27.8. The van der Waals surface area contributed by atoms with Crippen molar-refractivity contribution in [1.82, 2.24) is 25.0 Å². The largest absolute Gasteiger partial charge is 0.490 e. The lowest BCUT2D eigenvalue weighted by Gasteiger charge is -2.49. The highest BCUT2D eigenvalue weighted by atomic mass is 32.2. The summed E-state index contributed by atoms with van der Waals surface area (Å²) in [6.07, 6.45) is -2.37. The van der Waals surface area contributed by atoms with Gasteiger partial charge >= 0.3 is 24.1 Å². The molecule has 3 saturated heterocycles. The Morgan fingerprint density at radius 1 is 1.08 bits per heavy atom. The van der Waals surface area contributed by atoms with Gasteiger partial charge in [-0.05, 0) is 30.9 Å². The van der Waals surface area contributed by atoms with Crippen molar-refractivity contribution < 1.29 is 67.3 Å². The Balaban J connectivity index is 0.000000755. The Labute approximate surface area is 293 Å². The number of carbonyl (C=O) groups excluding carboxylic acids is 4. The van der Waals surface area contributed by atoms with Crippen molar-refractivity contribution in [2.24, 2.45) is 5.16 Å². The fourth-order valence-corrected chi connectivity index (χ4v) is 7.55. The number of oxime groups is 1. The van der Waals surface area contributed by atoms with Crippen LogP contribution >= 0.6 is 23.1 Å². The normalized spacial score (nSPS) is 21.9. The van der Waals surface area contributed by atoms with Gasteiger partial charge in [-0.2, -0.15) is 13.2 Å². The smallest absolute Gasteiger partial charge is 0.481 e. The number of fused-ring (bicyclic) bond motifs is 1. The standard InChI is InChI=1S/C26H29N7O9S2.C2HF3O2/c27-26-28-15(11-44-26)18(30-42)21(37)29-19-23(39)33-20(25(40)41)13(10-43-24(19)33)9-12-3-8-32(22(12)38)14-4-6-31(7-5-14)16(34)1-2-17(35)36;3-2(4,5)1(6)7/h9,11,14,19,24,42H,1-8,10H2,(H2,27,28)(H,29,37)(H,35,36)(H,40,41);(H,6,7)/b12-9+,30-18-;/t19-,24-;/m1./s1. The number of carboxylic acids is 3. The second-order valence-corrected chi connectivity index (χ2v) is 13.3. The topological polar surface area (TPSA) is 273 Å². The molecule has 18 nitrogen and oxygen atoms in total. The molecule has 0 saturated carbocycles. The molecule has 5 heterocycles. The first-order valence-electron chi connectivity index (χ1n) is 14.9. The van der Waals surface area contributed by atoms with Crippen molar-refractivity contribution in [3.8, 4) is 0 Å². The van der Waals surface area contributed by atoms with Gasteiger partial charge < -0.3 is 41.4 Å². The summed E-state index contributed by atoms with van der Waals surface area (Å²) >= 11 is 2.26. The minimum atomic E-state index is -5.08. The molecule has 0 spiro atoms. The Kier molecular flexibility index (Phi) is 12.0. The predicted octanol–water partition coefficient (Wildman–Crippen LogP) is 0.290. The summed E-state index contributed by atoms with van der Waals surface area (Å²) in [4.78, 5) is 91.6. The Morgan fingerprint density at radius 2 is 1.73 bits per heavy atom. The van der Waals surface area contributed by atoms with Crippen molar-refractivity contribution in [1.29, 1.82) is 0 Å². The van der Waals surface area contributed by atoms with E-state index in [9.17, 15) is 52.3 Å². The first kappa shape index (κ1) is 38.6. The quantitative estimate of drug-likeness (QED) is 0.0649. The number of hydrogen-bond donors (Lipinski definition) is 6. The number of carbonyl (C=O) groups is 7. The zero-order valence-electron chi connectivity index (χ0n) is 26.2. The monoisotopic (exact) mass is 761 g/mol. The van der Waals surface area contributed by atoms with Gasteiger partial charge in [0.2, 0.25) is 11.8 Å². The first-order valence-corrected chi connectivity index (χ1v) is 16.8. The SMILES string of the molecule is Nc1nc(/C(=N/O)C(=O)N[C@@H]2C(=O)N3C(C(=O)O)=C(/C=C4\CCN(C5CCN(C(=O)CCC(=O)O)CC5)C4=O)CS[C@H]23)cs1.O=C(O)C(F)(F)F. The summed E-state index contributed by atoms with van der Waals surface area (Å²) < 4.78 is 31.7. The number of thioether (sulfide) groups is 1. The van der Waals surface area contributed by atoms with Crippen molar-refractivity contribution >= 4 is 75.5 Å². The molecule has 0 bridgehead atoms. The predicted molar refractivity (Wildman–Crippen MR) is 169 cm³/mol. The molecule has 2 atom stereocenters. The molecule has 1 aromatic heterocycles. The molecule has 4 aliphatic heterocycles. The van der Waals surface area contributed by atoms with Crippen LogP contribution in [0.25, 0.3) is 0 Å². The average molecular weight is 762 g/mol. The number of thiazole rings is 1. The van der Waals surface area contributed by atoms with E-state index in [0.29, 0.717) is 50.0 Å². The number of rotatable bonds is 9. The van der Waals surface area contributed by atoms with E-state index in [1.54, 1.807) is 9.80 Å². The zero-order chi connectivity index (χ0) is 37.8. The summed E-state index contributed by atoms with van der Waals surface area (Å²) in [6.45, 7) is 1.26. The van der Waals surface area contributed by atoms with E-state index >= 15 is 0 Å². The lowest BCUT2D eigenvalue weighted by Crippen LogP contribution is -2.71. The number of halogens is 3. The number of aliphatic carboxylic acids is 3. The molecule has 0 unspecified atom stereocenters. The maximum atomic E-state index is 13.3. The van der Waals surface area contributed by atoms with E-state index in [1.807, 2.05) is 0 Å². The number of amides is 4. The van der Waals surface area contributed by atoms with Gasteiger partial charge in [0.05, 0.1) is 6.42 Å². The van der Waals surface area contributed by atoms with Gasteiger partial charge in [-0.3, -0.25) is 28.9 Å². The fourth-order valence-electron chi connectivity index (χ4n) is 5.70. The number of likely N-dealkylation sites (tertiary alicyclic amines) is 2. The number of anilines is 1. The van der Waals surface area contributed by atoms with E-state index in [1.165, 1.54) is 23.2 Å². The van der Waals surface area contributed by atoms with E-state index < -0.39 is 53.0 Å². The number of hydrogen-bond acceptors (Lipinski definition) is 13. The van der Waals surface area contributed by atoms with E-state index in [-0.39, 0.29) is 53.0 Å². The molecule has 5 rings (SSSR count). The van der Waals surface area contributed by atoms with Crippen LogP contribution < -0.4 is 11.1 Å². The molecule has 0 aliphatic carbocycles. The summed E-state index contributed by atoms with van der Waals surface area (Å²) in [5.41, 5.74) is 5.62. The number of carboxylic acid groups (broad SMARTS) is 3. The van der Waals surface area contributed by atoms with Gasteiger partial charge in [0.25, 0.3) is 11.8 Å². The van der Waals surface area contributed by atoms with Crippen LogP contribution in [0.5, 0.6) is 0 Å². The molecule has 51 heavy (non-hydrogen) atoms. The van der Waals surface area contributed by atoms with Gasteiger partial charge in [-0.15, -0.1) is 23.1 Å². The average Bonchev–Trinajstić information content (AvgIpc) is 3.66. The lowest BCUT2D eigenvalue weighted by atomic mass is 10.0. The summed E-state index contributed by atoms with van der Waals surface area (Å²) in [5, 5.41) is 41.6. The minimum absolute atomic E-state index is 0.0255. The van der Waals surface area contributed by atoms with Crippen LogP contribution in [-0.2, 0) is 33.6 Å². The molecule has 4 aliphatic rings. The summed E-state index contributed by atoms with van der Waals surface area (Å²) in [5.74, 6) is -6.97. The maximum Gasteiger partial charge on any atom is 0.490 e. The third-order valence-corrected chi connectivity index (χ3v) is 10.1. The second-order valence-electron chi connectivity index (χ2n) is 11.3. The minimum Gasteiger partial charge on any atom is -0.481 e. The lowest BCUT2D eigenvalue weighted by molar-refractivity contribution is -0.192. The highest BCUT2D eigenvalue weighted by Gasteiger charge is 2.54. The van der Waals surface area contributed by atoms with Crippen LogP contribution in [0.4, 0.5) is 18.3 Å². The Bertz CT molecular complexity index is 1720. The highest BCUT2D eigenvalue weighted by Crippen LogP contribution is 2.41. The molecule has 3 fully saturated rings. The second kappa shape index (κ2) is 15.8. The number of nitrogens with two attached hydrogens (primary N) is 1. The van der Waals surface area contributed by atoms with Crippen LogP contribution in [0, 0.1) is 0 Å². The van der Waals surface area contributed by atoms with Crippen molar-refractivity contribution in [3.05, 3.63) is 34.0 Å². The molecule has 7 N–H and O–H groups in total. The van der Waals surface area contributed by atoms with E-state index in [0.717, 1.165) is 16.2 Å². The van der Waals surface area contributed by atoms with Gasteiger partial charge in [0.1, 0.15) is 22.8 Å². The fraction of sp³-hybridized carbons (Fsp3) is 0.464. The van der Waals surface area contributed by atoms with E-state index in [2.05, 4.69) is 15.5 Å². The molecule has 23 heteroatoms. The van der Waals surface area contributed by atoms with Gasteiger partial charge in [0, 0.05) is 48.8 Å². The van der Waals surface area contributed by atoms with Crippen LogP contribution in [0.15, 0.2) is 33.5 Å². The van der Waals surface area contributed by atoms with Crippen LogP contribution in [0.1, 0.15) is 37.8 Å². The van der Waals surface area contributed by atoms with Crippen LogP contribution in [0.3, 0.4) is 0 Å². The third kappa shape index (κ3) is 8.76. The third-order valence-electron chi connectivity index (χ3n) is 8.13. The van der Waals surface area contributed by atoms with Gasteiger partial charge in [-0.25, -0.2) is 14.6 Å². The molecular formula is C28H30F3N7O11S2. The number of nitrogens with zero attached hydrogens (tertiary/aromatic N) is 5. The summed E-state index contributed by atoms with van der Waals surface area (Å²) in [6, 6.07) is -1.18. The number of nitrogen functional groups attached to an aromatic ring is 1. The highest BCUT2D eigenvalue weighted by molar-refractivity contribution is 8.00. The number of nitrogens with one attached hydrogen (secondary N) is 1. The van der Waals surface area contributed by atoms with Gasteiger partial charge in [0.15, 0.2) is 10.8 Å².